The van der Waals surface area contributed by atoms with Gasteiger partial charge in [-0.25, -0.2) is 22.6 Å². The molecule has 5 N–H and O–H groups in total. The van der Waals surface area contributed by atoms with E-state index in [1.807, 2.05) is 12.1 Å². The Morgan fingerprint density at radius 3 is 2.54 bits per heavy atom. The molecule has 1 aromatic heterocycles. The van der Waals surface area contributed by atoms with E-state index in [1.54, 1.807) is 24.3 Å². The number of amides is 1. The average molecular weight is 491 g/mol. The normalized spacial score (nSPS) is 11.1. The maximum Gasteiger partial charge on any atom is 0.274 e. The molecular formula is C24H19FN6O3S. The molecule has 1 heterocycles. The molecule has 35 heavy (non-hydrogen) atoms. The fourth-order valence-electron chi connectivity index (χ4n) is 3.53. The van der Waals surface area contributed by atoms with Gasteiger partial charge in [-0.05, 0) is 41.5 Å². The number of carbonyl (C=O) groups excluding carboxylic acids is 1. The summed E-state index contributed by atoms with van der Waals surface area (Å²) in [4.78, 5) is 12.9. The Labute approximate surface area is 200 Å². The van der Waals surface area contributed by atoms with Crippen molar-refractivity contribution in [3.63, 3.8) is 0 Å². The van der Waals surface area contributed by atoms with Crippen molar-refractivity contribution in [2.75, 3.05) is 5.32 Å². The van der Waals surface area contributed by atoms with Crippen LogP contribution in [0.5, 0.6) is 0 Å². The third-order valence-electron chi connectivity index (χ3n) is 5.17. The lowest BCUT2D eigenvalue weighted by molar-refractivity contribution is 0.101. The van der Waals surface area contributed by atoms with Crippen LogP contribution in [-0.4, -0.2) is 24.1 Å². The Kier molecular flexibility index (Phi) is 6.44. The number of hydrogen-bond acceptors (Lipinski definition) is 6. The summed E-state index contributed by atoms with van der Waals surface area (Å²) < 4.78 is 40.0. The number of benzene rings is 3. The quantitative estimate of drug-likeness (QED) is 0.377. The van der Waals surface area contributed by atoms with Gasteiger partial charge < -0.3 is 11.1 Å². The fraction of sp³-hybridized carbons (Fsp3) is 0.0417. The zero-order chi connectivity index (χ0) is 25.2. The summed E-state index contributed by atoms with van der Waals surface area (Å²) in [5.74, 6) is -1.49. The zero-order valence-corrected chi connectivity index (χ0v) is 19.0. The summed E-state index contributed by atoms with van der Waals surface area (Å²) >= 11 is 0. The van der Waals surface area contributed by atoms with Gasteiger partial charge in [0.1, 0.15) is 17.6 Å². The van der Waals surface area contributed by atoms with Gasteiger partial charge in [0.15, 0.2) is 5.69 Å². The van der Waals surface area contributed by atoms with Crippen LogP contribution in [0.25, 0.3) is 16.8 Å². The highest BCUT2D eigenvalue weighted by molar-refractivity contribution is 7.89. The van der Waals surface area contributed by atoms with Gasteiger partial charge >= 0.3 is 0 Å². The predicted molar refractivity (Wildman–Crippen MR) is 127 cm³/mol. The Bertz CT molecular complexity index is 1590. The SMILES string of the molecule is N#Cc1cc(C(=O)Nc2ccc(-c3ccccc3S(N)(=O)=O)cc2F)n(-c2cccc(CN)c2)n1. The lowest BCUT2D eigenvalue weighted by atomic mass is 10.0. The Morgan fingerprint density at radius 1 is 1.09 bits per heavy atom. The van der Waals surface area contributed by atoms with Crippen molar-refractivity contribution >= 4 is 21.6 Å². The molecule has 9 nitrogen and oxygen atoms in total. The monoisotopic (exact) mass is 490 g/mol. The van der Waals surface area contributed by atoms with Crippen LogP contribution in [0.3, 0.4) is 0 Å². The number of primary sulfonamides is 1. The molecule has 0 aliphatic heterocycles. The van der Waals surface area contributed by atoms with Gasteiger partial charge in [-0.1, -0.05) is 36.4 Å². The van der Waals surface area contributed by atoms with Crippen molar-refractivity contribution in [3.05, 3.63) is 95.6 Å². The molecule has 0 bridgehead atoms. The number of sulfonamides is 1. The minimum atomic E-state index is -4.03. The van der Waals surface area contributed by atoms with Gasteiger partial charge in [0.25, 0.3) is 5.91 Å². The second kappa shape index (κ2) is 9.47. The molecule has 0 radical (unpaired) electrons. The first kappa shape index (κ1) is 23.8. The van der Waals surface area contributed by atoms with E-state index in [2.05, 4.69) is 10.4 Å². The van der Waals surface area contributed by atoms with Crippen LogP contribution in [0.4, 0.5) is 10.1 Å². The van der Waals surface area contributed by atoms with Crippen molar-refractivity contribution < 1.29 is 17.6 Å². The van der Waals surface area contributed by atoms with Gasteiger partial charge in [-0.15, -0.1) is 0 Å². The lowest BCUT2D eigenvalue weighted by Crippen LogP contribution is -2.18. The molecule has 0 aliphatic rings. The molecule has 0 fully saturated rings. The van der Waals surface area contributed by atoms with Crippen LogP contribution >= 0.6 is 0 Å². The van der Waals surface area contributed by atoms with Gasteiger partial charge in [0.2, 0.25) is 10.0 Å². The third kappa shape index (κ3) is 4.95. The van der Waals surface area contributed by atoms with E-state index < -0.39 is 21.7 Å². The number of nitrogens with zero attached hydrogens (tertiary/aromatic N) is 3. The van der Waals surface area contributed by atoms with E-state index >= 15 is 0 Å². The van der Waals surface area contributed by atoms with Crippen molar-refractivity contribution in [2.45, 2.75) is 11.4 Å². The molecule has 0 spiro atoms. The van der Waals surface area contributed by atoms with Crippen LogP contribution in [0.15, 0.2) is 77.7 Å². The van der Waals surface area contributed by atoms with Crippen LogP contribution in [0, 0.1) is 17.1 Å². The van der Waals surface area contributed by atoms with Gasteiger partial charge in [0.05, 0.1) is 16.3 Å². The Hall–Kier alpha value is -4.37. The Balaban J connectivity index is 1.67. The van der Waals surface area contributed by atoms with Crippen LogP contribution < -0.4 is 16.2 Å². The number of rotatable bonds is 6. The molecule has 0 saturated heterocycles. The highest BCUT2D eigenvalue weighted by Crippen LogP contribution is 2.29. The number of aromatic nitrogens is 2. The first-order chi connectivity index (χ1) is 16.7. The lowest BCUT2D eigenvalue weighted by Gasteiger charge is -2.12. The number of hydrogen-bond donors (Lipinski definition) is 3. The van der Waals surface area contributed by atoms with Gasteiger partial charge in [-0.2, -0.15) is 10.4 Å². The van der Waals surface area contributed by atoms with E-state index in [-0.39, 0.29) is 39.6 Å². The topological polar surface area (TPSA) is 157 Å². The molecule has 0 unspecified atom stereocenters. The van der Waals surface area contributed by atoms with E-state index in [9.17, 15) is 22.9 Å². The number of nitriles is 1. The highest BCUT2D eigenvalue weighted by Gasteiger charge is 2.20. The maximum absolute atomic E-state index is 14.9. The summed E-state index contributed by atoms with van der Waals surface area (Å²) in [5.41, 5.74) is 7.35. The van der Waals surface area contributed by atoms with Crippen LogP contribution in [0.1, 0.15) is 21.7 Å². The van der Waals surface area contributed by atoms with Crippen LogP contribution in [0.2, 0.25) is 0 Å². The standard InChI is InChI=1S/C24H19FN6O3S/c25-20-11-16(19-6-1-2-7-23(19)35(28,33)34)8-9-21(20)29-24(32)22-12-17(14-27)30-31(22)18-5-3-4-15(10-18)13-26/h1-12H,13,26H2,(H,29,32)(H2,28,33,34). The third-order valence-corrected chi connectivity index (χ3v) is 6.14. The van der Waals surface area contributed by atoms with E-state index in [0.29, 0.717) is 5.69 Å². The predicted octanol–water partition coefficient (Wildman–Crippen LogP) is 2.91. The summed E-state index contributed by atoms with van der Waals surface area (Å²) in [6.45, 7) is 0.272. The molecule has 0 aliphatic carbocycles. The van der Waals surface area contributed by atoms with Crippen molar-refractivity contribution in [1.29, 1.82) is 5.26 Å². The second-order valence-electron chi connectivity index (χ2n) is 7.50. The van der Waals surface area contributed by atoms with Gasteiger partial charge in [-0.3, -0.25) is 4.79 Å². The van der Waals surface area contributed by atoms with Crippen molar-refractivity contribution in [2.24, 2.45) is 10.9 Å². The van der Waals surface area contributed by atoms with Crippen molar-refractivity contribution in [1.82, 2.24) is 9.78 Å². The fourth-order valence-corrected chi connectivity index (χ4v) is 4.29. The largest absolute Gasteiger partial charge is 0.326 e. The molecular weight excluding hydrogens is 471 g/mol. The first-order valence-corrected chi connectivity index (χ1v) is 11.8. The average Bonchev–Trinajstić information content (AvgIpc) is 3.30. The van der Waals surface area contributed by atoms with Crippen molar-refractivity contribution in [3.8, 4) is 22.9 Å². The number of nitrogens with two attached hydrogens (primary N) is 2. The maximum atomic E-state index is 14.9. The smallest absolute Gasteiger partial charge is 0.274 e. The molecule has 4 rings (SSSR count). The summed E-state index contributed by atoms with van der Waals surface area (Å²) in [7, 11) is -4.03. The minimum Gasteiger partial charge on any atom is -0.326 e. The molecule has 0 saturated carbocycles. The molecule has 11 heteroatoms. The minimum absolute atomic E-state index is 0.00345. The molecule has 1 amide bonds. The second-order valence-corrected chi connectivity index (χ2v) is 9.03. The number of carbonyl (C=O) groups is 1. The number of nitrogens with one attached hydrogen (secondary N) is 1. The Morgan fingerprint density at radius 2 is 1.86 bits per heavy atom. The summed E-state index contributed by atoms with van der Waals surface area (Å²) in [5, 5.41) is 21.1. The molecule has 4 aromatic rings. The summed E-state index contributed by atoms with van der Waals surface area (Å²) in [6.07, 6.45) is 0. The molecule has 0 atom stereocenters. The van der Waals surface area contributed by atoms with E-state index in [4.69, 9.17) is 10.9 Å². The summed E-state index contributed by atoms with van der Waals surface area (Å²) in [6, 6.07) is 20.0. The zero-order valence-electron chi connectivity index (χ0n) is 18.1. The molecule has 3 aromatic carbocycles. The number of halogens is 1. The number of anilines is 1. The molecule has 176 valence electrons. The van der Waals surface area contributed by atoms with Crippen LogP contribution in [-0.2, 0) is 16.6 Å². The van der Waals surface area contributed by atoms with E-state index in [0.717, 1.165) is 11.6 Å². The first-order valence-electron chi connectivity index (χ1n) is 10.2. The van der Waals surface area contributed by atoms with E-state index in [1.165, 1.54) is 41.1 Å². The highest BCUT2D eigenvalue weighted by atomic mass is 32.2. The van der Waals surface area contributed by atoms with Gasteiger partial charge in [0, 0.05) is 18.2 Å².